The van der Waals surface area contributed by atoms with Crippen LogP contribution in [0.5, 0.6) is 0 Å². The van der Waals surface area contributed by atoms with Gasteiger partial charge in [0.15, 0.2) is 0 Å². The highest BCUT2D eigenvalue weighted by molar-refractivity contribution is 7.91. The van der Waals surface area contributed by atoms with Crippen LogP contribution in [-0.4, -0.2) is 54.8 Å². The predicted molar refractivity (Wildman–Crippen MR) is 74.8 cm³/mol. The van der Waals surface area contributed by atoms with Crippen LogP contribution in [0.4, 0.5) is 0 Å². The Labute approximate surface area is 119 Å². The van der Waals surface area contributed by atoms with Crippen molar-refractivity contribution in [3.05, 3.63) is 0 Å². The van der Waals surface area contributed by atoms with Crippen LogP contribution in [0.15, 0.2) is 0 Å². The third-order valence-electron chi connectivity index (χ3n) is 4.40. The summed E-state index contributed by atoms with van der Waals surface area (Å²) in [5.74, 6) is 0.0564. The molecule has 2 rings (SSSR count). The van der Waals surface area contributed by atoms with Gasteiger partial charge in [-0.2, -0.15) is 0 Å². The van der Waals surface area contributed by atoms with Gasteiger partial charge in [-0.15, -0.1) is 0 Å². The molecule has 2 saturated heterocycles. The summed E-state index contributed by atoms with van der Waals surface area (Å²) in [4.78, 5) is 26.1. The van der Waals surface area contributed by atoms with Gasteiger partial charge in [-0.3, -0.25) is 9.59 Å². The molecule has 2 heterocycles. The number of hydrogen-bond acceptors (Lipinski definition) is 4. The fourth-order valence-corrected chi connectivity index (χ4v) is 4.31. The zero-order valence-electron chi connectivity index (χ0n) is 12.0. The number of nitrogens with zero attached hydrogens (tertiary/aromatic N) is 1. The zero-order valence-corrected chi connectivity index (χ0v) is 12.8. The monoisotopic (exact) mass is 302 g/mol. The van der Waals surface area contributed by atoms with Gasteiger partial charge in [0.1, 0.15) is 15.4 Å². The van der Waals surface area contributed by atoms with E-state index in [4.69, 9.17) is 0 Å². The van der Waals surface area contributed by atoms with Crippen molar-refractivity contribution in [2.45, 2.75) is 51.1 Å². The molecule has 2 aliphatic rings. The maximum atomic E-state index is 12.7. The molecule has 20 heavy (non-hydrogen) atoms. The molecular weight excluding hydrogens is 280 g/mol. The molecule has 0 radical (unpaired) electrons. The van der Waals surface area contributed by atoms with Crippen LogP contribution in [0, 0.1) is 0 Å². The molecular formula is C13H22N2O4S. The van der Waals surface area contributed by atoms with Crippen molar-refractivity contribution in [1.82, 2.24) is 10.2 Å². The SMILES string of the molecule is CCC1(C)NC(=O)CCN(C2CCS(=O)(=O)CC2)C1=O. The number of carbonyl (C=O) groups excluding carboxylic acids is 2. The van der Waals surface area contributed by atoms with E-state index in [9.17, 15) is 18.0 Å². The number of carbonyl (C=O) groups is 2. The first-order chi connectivity index (χ1) is 9.27. The van der Waals surface area contributed by atoms with E-state index in [1.54, 1.807) is 11.8 Å². The van der Waals surface area contributed by atoms with Gasteiger partial charge in [0.25, 0.3) is 0 Å². The van der Waals surface area contributed by atoms with Gasteiger partial charge >= 0.3 is 0 Å². The van der Waals surface area contributed by atoms with E-state index in [1.165, 1.54) is 0 Å². The Bertz CT molecular complexity index is 502. The molecule has 1 unspecified atom stereocenters. The van der Waals surface area contributed by atoms with Crippen molar-refractivity contribution >= 4 is 21.7 Å². The highest BCUT2D eigenvalue weighted by Crippen LogP contribution is 2.25. The smallest absolute Gasteiger partial charge is 0.248 e. The Kier molecular flexibility index (Phi) is 4.09. The first kappa shape index (κ1) is 15.3. The summed E-state index contributed by atoms with van der Waals surface area (Å²) in [6.45, 7) is 3.99. The fraction of sp³-hybridized carbons (Fsp3) is 0.846. The molecule has 1 atom stereocenters. The minimum Gasteiger partial charge on any atom is -0.342 e. The summed E-state index contributed by atoms with van der Waals surface area (Å²) in [6.07, 6.45) is 1.76. The lowest BCUT2D eigenvalue weighted by Crippen LogP contribution is -2.57. The van der Waals surface area contributed by atoms with Crippen LogP contribution in [0.1, 0.15) is 39.5 Å². The molecule has 2 amide bonds. The minimum atomic E-state index is -2.95. The Hall–Kier alpha value is -1.11. The lowest BCUT2D eigenvalue weighted by molar-refractivity contribution is -0.140. The first-order valence-electron chi connectivity index (χ1n) is 7.10. The van der Waals surface area contributed by atoms with Crippen molar-refractivity contribution in [1.29, 1.82) is 0 Å². The standard InChI is InChI=1S/C13H22N2O4S/c1-3-13(2)12(17)15(7-4-11(16)14-13)10-5-8-20(18,19)9-6-10/h10H,3-9H2,1-2H3,(H,14,16). The summed E-state index contributed by atoms with van der Waals surface area (Å²) in [5, 5.41) is 2.79. The largest absolute Gasteiger partial charge is 0.342 e. The molecule has 0 aromatic rings. The predicted octanol–water partition coefficient (Wildman–Crippen LogP) is 0.0808. The Morgan fingerprint density at radius 3 is 2.45 bits per heavy atom. The maximum Gasteiger partial charge on any atom is 0.248 e. The molecule has 0 aromatic heterocycles. The quantitative estimate of drug-likeness (QED) is 0.783. The Morgan fingerprint density at radius 1 is 1.30 bits per heavy atom. The van der Waals surface area contributed by atoms with E-state index in [0.717, 1.165) is 0 Å². The second-order valence-electron chi connectivity index (χ2n) is 5.87. The van der Waals surface area contributed by atoms with Crippen molar-refractivity contribution < 1.29 is 18.0 Å². The highest BCUT2D eigenvalue weighted by Gasteiger charge is 2.42. The normalized spacial score (nSPS) is 31.8. The molecule has 2 aliphatic heterocycles. The van der Waals surface area contributed by atoms with E-state index in [0.29, 0.717) is 25.8 Å². The summed E-state index contributed by atoms with van der Waals surface area (Å²) in [6, 6.07) is -0.0652. The third-order valence-corrected chi connectivity index (χ3v) is 6.12. The van der Waals surface area contributed by atoms with Gasteiger partial charge in [-0.1, -0.05) is 6.92 Å². The molecule has 7 heteroatoms. The Balaban J connectivity index is 2.18. The summed E-state index contributed by atoms with van der Waals surface area (Å²) in [5.41, 5.74) is -0.871. The summed E-state index contributed by atoms with van der Waals surface area (Å²) >= 11 is 0. The third kappa shape index (κ3) is 2.97. The molecule has 0 aliphatic carbocycles. The molecule has 6 nitrogen and oxygen atoms in total. The molecule has 0 saturated carbocycles. The van der Waals surface area contributed by atoms with E-state index in [1.807, 2.05) is 6.92 Å². The van der Waals surface area contributed by atoms with Gasteiger partial charge < -0.3 is 10.2 Å². The molecule has 114 valence electrons. The molecule has 0 bridgehead atoms. The van der Waals surface area contributed by atoms with Gasteiger partial charge in [-0.25, -0.2) is 8.42 Å². The number of amides is 2. The Morgan fingerprint density at radius 2 is 1.90 bits per heavy atom. The van der Waals surface area contributed by atoms with Crippen LogP contribution < -0.4 is 5.32 Å². The van der Waals surface area contributed by atoms with E-state index >= 15 is 0 Å². The topological polar surface area (TPSA) is 83.6 Å². The first-order valence-corrected chi connectivity index (χ1v) is 8.92. The average molecular weight is 302 g/mol. The second-order valence-corrected chi connectivity index (χ2v) is 8.17. The minimum absolute atomic E-state index is 0.0652. The molecule has 1 N–H and O–H groups in total. The zero-order chi connectivity index (χ0) is 15.0. The number of sulfone groups is 1. The van der Waals surface area contributed by atoms with Crippen LogP contribution in [0.3, 0.4) is 0 Å². The molecule has 0 aromatic carbocycles. The van der Waals surface area contributed by atoms with Crippen molar-refractivity contribution in [2.24, 2.45) is 0 Å². The van der Waals surface area contributed by atoms with Crippen molar-refractivity contribution in [3.8, 4) is 0 Å². The van der Waals surface area contributed by atoms with Crippen LogP contribution in [0.2, 0.25) is 0 Å². The number of hydrogen-bond donors (Lipinski definition) is 1. The second kappa shape index (κ2) is 5.35. The number of nitrogens with one attached hydrogen (secondary N) is 1. The fourth-order valence-electron chi connectivity index (χ4n) is 2.84. The van der Waals surface area contributed by atoms with Crippen LogP contribution >= 0.6 is 0 Å². The molecule has 2 fully saturated rings. The van der Waals surface area contributed by atoms with Gasteiger partial charge in [0, 0.05) is 19.0 Å². The maximum absolute atomic E-state index is 12.7. The van der Waals surface area contributed by atoms with Crippen molar-refractivity contribution in [2.75, 3.05) is 18.1 Å². The number of rotatable bonds is 2. The van der Waals surface area contributed by atoms with Crippen LogP contribution in [-0.2, 0) is 19.4 Å². The highest BCUT2D eigenvalue weighted by atomic mass is 32.2. The summed E-state index contributed by atoms with van der Waals surface area (Å²) in [7, 11) is -2.95. The van der Waals surface area contributed by atoms with Crippen molar-refractivity contribution in [3.63, 3.8) is 0 Å². The van der Waals surface area contributed by atoms with E-state index < -0.39 is 15.4 Å². The average Bonchev–Trinajstić information content (AvgIpc) is 2.49. The van der Waals surface area contributed by atoms with E-state index in [2.05, 4.69) is 5.32 Å². The lowest BCUT2D eigenvalue weighted by atomic mass is 9.96. The molecule has 0 spiro atoms. The van der Waals surface area contributed by atoms with Gasteiger partial charge in [-0.05, 0) is 26.2 Å². The van der Waals surface area contributed by atoms with Gasteiger partial charge in [0.2, 0.25) is 11.8 Å². The van der Waals surface area contributed by atoms with E-state index in [-0.39, 0.29) is 35.8 Å². The summed E-state index contributed by atoms with van der Waals surface area (Å²) < 4.78 is 23.0. The lowest BCUT2D eigenvalue weighted by Gasteiger charge is -2.37. The van der Waals surface area contributed by atoms with Crippen LogP contribution in [0.25, 0.3) is 0 Å². The van der Waals surface area contributed by atoms with Gasteiger partial charge in [0.05, 0.1) is 11.5 Å².